The van der Waals surface area contributed by atoms with Crippen LogP contribution in [0.2, 0.25) is 0 Å². The summed E-state index contributed by atoms with van der Waals surface area (Å²) in [5, 5.41) is 3.02. The first-order valence-corrected chi connectivity index (χ1v) is 14.5. The van der Waals surface area contributed by atoms with Gasteiger partial charge in [-0.1, -0.05) is 37.3 Å². The van der Waals surface area contributed by atoms with Gasteiger partial charge in [0.25, 0.3) is 0 Å². The largest absolute Gasteiger partial charge is 0.355 e. The zero-order valence-electron chi connectivity index (χ0n) is 24.4. The van der Waals surface area contributed by atoms with Gasteiger partial charge in [0.1, 0.15) is 5.82 Å². The Bertz CT molecular complexity index is 1530. The summed E-state index contributed by atoms with van der Waals surface area (Å²) in [7, 11) is 2.11. The van der Waals surface area contributed by atoms with Crippen LogP contribution >= 0.6 is 0 Å². The number of ether oxygens (including phenoxy) is 2. The molecule has 224 valence electrons. The van der Waals surface area contributed by atoms with Gasteiger partial charge in [-0.25, -0.2) is 19.3 Å². The number of amides is 1. The molecule has 0 spiro atoms. The van der Waals surface area contributed by atoms with E-state index in [1.807, 2.05) is 43.3 Å². The lowest BCUT2D eigenvalue weighted by Gasteiger charge is -2.36. The van der Waals surface area contributed by atoms with Crippen molar-refractivity contribution in [2.75, 3.05) is 57.9 Å². The Balaban J connectivity index is 1.18. The molecular weight excluding hydrogens is 549 g/mol. The number of aromatic nitrogens is 4. The van der Waals surface area contributed by atoms with Crippen molar-refractivity contribution in [1.29, 1.82) is 0 Å². The van der Waals surface area contributed by atoms with Crippen molar-refractivity contribution in [2.24, 2.45) is 5.41 Å². The van der Waals surface area contributed by atoms with E-state index >= 15 is 0 Å². The number of nitrogens with one attached hydrogen (secondary N) is 2. The lowest BCUT2D eigenvalue weighted by molar-refractivity contribution is -0.232. The van der Waals surface area contributed by atoms with E-state index in [0.717, 1.165) is 37.3 Å². The van der Waals surface area contributed by atoms with Crippen molar-refractivity contribution in [2.45, 2.75) is 19.6 Å². The maximum Gasteiger partial charge on any atom is 0.225 e. The highest BCUT2D eigenvalue weighted by atomic mass is 19.1. The molecule has 4 heterocycles. The highest BCUT2D eigenvalue weighted by molar-refractivity contribution is 5.78. The predicted molar refractivity (Wildman–Crippen MR) is 161 cm³/mol. The van der Waals surface area contributed by atoms with Crippen LogP contribution in [-0.2, 0) is 20.7 Å². The molecular formula is C32H36FN7O3. The molecule has 2 aromatic heterocycles. The molecule has 11 heteroatoms. The van der Waals surface area contributed by atoms with Crippen LogP contribution in [0.5, 0.6) is 0 Å². The van der Waals surface area contributed by atoms with Crippen LogP contribution in [0.1, 0.15) is 24.6 Å². The van der Waals surface area contributed by atoms with E-state index < -0.39 is 11.7 Å². The van der Waals surface area contributed by atoms with Gasteiger partial charge in [-0.05, 0) is 42.9 Å². The quantitative estimate of drug-likeness (QED) is 0.321. The number of halogens is 1. The third kappa shape index (κ3) is 6.90. The molecule has 1 amide bonds. The van der Waals surface area contributed by atoms with E-state index in [4.69, 9.17) is 19.4 Å². The van der Waals surface area contributed by atoms with E-state index in [-0.39, 0.29) is 11.7 Å². The summed E-state index contributed by atoms with van der Waals surface area (Å²) in [4.78, 5) is 34.6. The highest BCUT2D eigenvalue weighted by Gasteiger charge is 2.35. The SMILES string of the molecule is CN1CCN(c2nccc(-c3[nH]c(C4OCC(C)(CNC(=O)Cc5ccccc5)CO4)nc3-c3ccc(F)cc3)n2)CC1. The molecule has 0 atom stereocenters. The summed E-state index contributed by atoms with van der Waals surface area (Å²) >= 11 is 0. The molecule has 2 aliphatic rings. The first-order chi connectivity index (χ1) is 20.8. The number of H-pyrrole nitrogens is 1. The van der Waals surface area contributed by atoms with E-state index in [2.05, 4.69) is 32.1 Å². The molecule has 4 aromatic rings. The molecule has 2 aliphatic heterocycles. The summed E-state index contributed by atoms with van der Waals surface area (Å²) in [6.07, 6.45) is 1.33. The topological polar surface area (TPSA) is 109 Å². The average molecular weight is 586 g/mol. The van der Waals surface area contributed by atoms with Gasteiger partial charge < -0.3 is 29.6 Å². The van der Waals surface area contributed by atoms with Crippen LogP contribution in [0.3, 0.4) is 0 Å². The Morgan fingerprint density at radius 2 is 1.74 bits per heavy atom. The van der Waals surface area contributed by atoms with Crippen LogP contribution in [0.25, 0.3) is 22.6 Å². The number of rotatable bonds is 8. The zero-order chi connectivity index (χ0) is 29.8. The number of piperazine rings is 1. The van der Waals surface area contributed by atoms with Crippen molar-refractivity contribution >= 4 is 11.9 Å². The Morgan fingerprint density at radius 3 is 2.47 bits per heavy atom. The number of hydrogen-bond donors (Lipinski definition) is 2. The number of likely N-dealkylation sites (N-methyl/N-ethyl adjacent to an activating group) is 1. The highest BCUT2D eigenvalue weighted by Crippen LogP contribution is 2.35. The number of carbonyl (C=O) groups excluding carboxylic acids is 1. The fourth-order valence-corrected chi connectivity index (χ4v) is 5.21. The minimum Gasteiger partial charge on any atom is -0.355 e. The van der Waals surface area contributed by atoms with Crippen LogP contribution in [0, 0.1) is 11.2 Å². The molecule has 0 radical (unpaired) electrons. The number of imidazole rings is 1. The molecule has 0 unspecified atom stereocenters. The minimum absolute atomic E-state index is 0.0463. The van der Waals surface area contributed by atoms with E-state index in [9.17, 15) is 9.18 Å². The first kappa shape index (κ1) is 28.9. The summed E-state index contributed by atoms with van der Waals surface area (Å²) in [5.41, 5.74) is 3.26. The van der Waals surface area contributed by atoms with Crippen LogP contribution in [-0.4, -0.2) is 83.7 Å². The Kier molecular flexibility index (Phi) is 8.46. The monoisotopic (exact) mass is 585 g/mol. The first-order valence-electron chi connectivity index (χ1n) is 14.5. The van der Waals surface area contributed by atoms with E-state index in [1.54, 1.807) is 18.3 Å². The lowest BCUT2D eigenvalue weighted by atomic mass is 9.92. The summed E-state index contributed by atoms with van der Waals surface area (Å²) in [6.45, 7) is 6.74. The molecule has 0 bridgehead atoms. The number of carbonyl (C=O) groups is 1. The maximum atomic E-state index is 13.8. The van der Waals surface area contributed by atoms with E-state index in [1.165, 1.54) is 12.1 Å². The molecule has 43 heavy (non-hydrogen) atoms. The molecule has 0 aliphatic carbocycles. The lowest BCUT2D eigenvalue weighted by Crippen LogP contribution is -2.45. The van der Waals surface area contributed by atoms with Gasteiger partial charge in [0, 0.05) is 49.9 Å². The molecule has 2 fully saturated rings. The van der Waals surface area contributed by atoms with Gasteiger partial charge in [0.2, 0.25) is 18.1 Å². The zero-order valence-corrected chi connectivity index (χ0v) is 24.4. The maximum absolute atomic E-state index is 13.8. The Labute approximate surface area is 250 Å². The van der Waals surface area contributed by atoms with Gasteiger partial charge in [-0.2, -0.15) is 0 Å². The van der Waals surface area contributed by atoms with Crippen LogP contribution in [0.4, 0.5) is 10.3 Å². The third-order valence-electron chi connectivity index (χ3n) is 7.83. The number of anilines is 1. The summed E-state index contributed by atoms with van der Waals surface area (Å²) < 4.78 is 26.1. The van der Waals surface area contributed by atoms with Gasteiger partial charge in [-0.3, -0.25) is 4.79 Å². The third-order valence-corrected chi connectivity index (χ3v) is 7.83. The van der Waals surface area contributed by atoms with Gasteiger partial charge in [0.05, 0.1) is 36.7 Å². The van der Waals surface area contributed by atoms with Gasteiger partial charge in [0.15, 0.2) is 5.82 Å². The fraction of sp³-hybridized carbons (Fsp3) is 0.375. The number of nitrogens with zero attached hydrogens (tertiary/aromatic N) is 5. The fourth-order valence-electron chi connectivity index (χ4n) is 5.21. The number of aromatic amines is 1. The predicted octanol–water partition coefficient (Wildman–Crippen LogP) is 3.84. The van der Waals surface area contributed by atoms with Crippen LogP contribution < -0.4 is 10.2 Å². The average Bonchev–Trinajstić information content (AvgIpc) is 3.47. The second-order valence-corrected chi connectivity index (χ2v) is 11.6. The standard InChI is InChI=1S/C32H36FN7O3/c1-32(19-35-26(41)18-22-6-4-3-5-7-22)20-42-30(43-21-32)29-37-27(23-8-10-24(33)11-9-23)28(38-29)25-12-13-34-31(36-25)40-16-14-39(2)15-17-40/h3-13,30H,14-21H2,1-2H3,(H,35,41)(H,37,38). The number of hydrogen-bond acceptors (Lipinski definition) is 8. The minimum atomic E-state index is -0.736. The Morgan fingerprint density at radius 1 is 1.02 bits per heavy atom. The second kappa shape index (κ2) is 12.6. The number of benzene rings is 2. The molecule has 2 aromatic carbocycles. The normalized spacial score (nSPS) is 21.1. The molecule has 2 N–H and O–H groups in total. The second-order valence-electron chi connectivity index (χ2n) is 11.6. The van der Waals surface area contributed by atoms with Gasteiger partial charge in [-0.15, -0.1) is 0 Å². The van der Waals surface area contributed by atoms with Crippen molar-refractivity contribution in [3.8, 4) is 22.6 Å². The van der Waals surface area contributed by atoms with E-state index in [0.29, 0.717) is 55.0 Å². The van der Waals surface area contributed by atoms with Crippen molar-refractivity contribution in [3.05, 3.63) is 84.1 Å². The summed E-state index contributed by atoms with van der Waals surface area (Å²) in [6, 6.07) is 17.7. The van der Waals surface area contributed by atoms with Crippen molar-refractivity contribution < 1.29 is 18.7 Å². The van der Waals surface area contributed by atoms with Crippen molar-refractivity contribution in [1.82, 2.24) is 30.2 Å². The molecule has 0 saturated carbocycles. The molecule has 10 nitrogen and oxygen atoms in total. The summed E-state index contributed by atoms with van der Waals surface area (Å²) in [5.74, 6) is 0.774. The van der Waals surface area contributed by atoms with Crippen LogP contribution in [0.15, 0.2) is 66.9 Å². The molecule has 6 rings (SSSR count). The smallest absolute Gasteiger partial charge is 0.225 e. The van der Waals surface area contributed by atoms with Crippen molar-refractivity contribution in [3.63, 3.8) is 0 Å². The Hall–Kier alpha value is -4.19. The molecule has 2 saturated heterocycles. The van der Waals surface area contributed by atoms with Gasteiger partial charge >= 0.3 is 0 Å².